The van der Waals surface area contributed by atoms with Crippen molar-refractivity contribution in [2.24, 2.45) is 5.92 Å². The van der Waals surface area contributed by atoms with E-state index < -0.39 is 0 Å². The standard InChI is InChI=1S/C9H13NO2/c11-9-5-10-4-8(9)3-7-1-2-12-6-7/h1-2,6,8-11H,3-5H2/t8-,9-/m1/s1. The van der Waals surface area contributed by atoms with Crippen LogP contribution >= 0.6 is 0 Å². The topological polar surface area (TPSA) is 45.4 Å². The summed E-state index contributed by atoms with van der Waals surface area (Å²) in [5, 5.41) is 12.6. The first-order valence-corrected chi connectivity index (χ1v) is 4.26. The molecule has 0 unspecified atom stereocenters. The fraction of sp³-hybridized carbons (Fsp3) is 0.556. The Hall–Kier alpha value is -0.800. The summed E-state index contributed by atoms with van der Waals surface area (Å²) in [6.07, 6.45) is 4.12. The Morgan fingerprint density at radius 1 is 1.58 bits per heavy atom. The second-order valence-corrected chi connectivity index (χ2v) is 3.32. The molecule has 0 amide bonds. The SMILES string of the molecule is O[C@@H]1CNC[C@H]1Cc1ccoc1. The molecule has 0 aromatic carbocycles. The van der Waals surface area contributed by atoms with Crippen LogP contribution in [0.5, 0.6) is 0 Å². The number of rotatable bonds is 2. The maximum atomic E-state index is 9.49. The third-order valence-electron chi connectivity index (χ3n) is 2.38. The van der Waals surface area contributed by atoms with Crippen LogP contribution in [0.25, 0.3) is 0 Å². The van der Waals surface area contributed by atoms with E-state index in [0.717, 1.165) is 19.5 Å². The molecule has 0 saturated carbocycles. The predicted molar refractivity (Wildman–Crippen MR) is 44.8 cm³/mol. The van der Waals surface area contributed by atoms with E-state index in [-0.39, 0.29) is 6.10 Å². The zero-order valence-electron chi connectivity index (χ0n) is 6.86. The van der Waals surface area contributed by atoms with Gasteiger partial charge in [0.05, 0.1) is 18.6 Å². The molecule has 0 radical (unpaired) electrons. The molecule has 66 valence electrons. The number of β-amino-alcohol motifs (C(OH)–C–C–N with tert-alkyl or cyclic N) is 1. The normalized spacial score (nSPS) is 29.4. The van der Waals surface area contributed by atoms with Crippen molar-refractivity contribution in [3.8, 4) is 0 Å². The molecule has 0 bridgehead atoms. The number of hydrogen-bond donors (Lipinski definition) is 2. The van der Waals surface area contributed by atoms with E-state index in [9.17, 15) is 5.11 Å². The molecule has 1 aliphatic heterocycles. The number of aliphatic hydroxyl groups excluding tert-OH is 1. The molecule has 1 saturated heterocycles. The monoisotopic (exact) mass is 167 g/mol. The zero-order valence-corrected chi connectivity index (χ0v) is 6.86. The molecule has 1 aromatic rings. The van der Waals surface area contributed by atoms with Crippen LogP contribution in [0.3, 0.4) is 0 Å². The minimum atomic E-state index is -0.195. The van der Waals surface area contributed by atoms with Gasteiger partial charge in [-0.15, -0.1) is 0 Å². The highest BCUT2D eigenvalue weighted by atomic mass is 16.3. The Bertz CT molecular complexity index is 233. The van der Waals surface area contributed by atoms with Crippen molar-refractivity contribution in [3.63, 3.8) is 0 Å². The summed E-state index contributed by atoms with van der Waals surface area (Å²) in [4.78, 5) is 0. The maximum Gasteiger partial charge on any atom is 0.0934 e. The molecule has 2 N–H and O–H groups in total. The second-order valence-electron chi connectivity index (χ2n) is 3.32. The lowest BCUT2D eigenvalue weighted by Crippen LogP contribution is -2.19. The minimum absolute atomic E-state index is 0.195. The van der Waals surface area contributed by atoms with E-state index in [1.54, 1.807) is 12.5 Å². The van der Waals surface area contributed by atoms with Gasteiger partial charge in [-0.05, 0) is 18.1 Å². The molecule has 2 rings (SSSR count). The average molecular weight is 167 g/mol. The van der Waals surface area contributed by atoms with Crippen LogP contribution in [0.15, 0.2) is 23.0 Å². The predicted octanol–water partition coefficient (Wildman–Crippen LogP) is 0.402. The Balaban J connectivity index is 1.95. The minimum Gasteiger partial charge on any atom is -0.472 e. The van der Waals surface area contributed by atoms with Crippen LogP contribution < -0.4 is 5.32 Å². The number of hydrogen-bond acceptors (Lipinski definition) is 3. The summed E-state index contributed by atoms with van der Waals surface area (Å²) < 4.78 is 4.96. The number of aliphatic hydroxyl groups is 1. The lowest BCUT2D eigenvalue weighted by atomic mass is 9.99. The first-order valence-electron chi connectivity index (χ1n) is 4.26. The zero-order chi connectivity index (χ0) is 8.39. The van der Waals surface area contributed by atoms with Crippen LogP contribution in [0.4, 0.5) is 0 Å². The van der Waals surface area contributed by atoms with E-state index in [1.165, 1.54) is 5.56 Å². The Labute approximate surface area is 71.4 Å². The van der Waals surface area contributed by atoms with Gasteiger partial charge in [-0.25, -0.2) is 0 Å². The summed E-state index contributed by atoms with van der Waals surface area (Å²) >= 11 is 0. The third-order valence-corrected chi connectivity index (χ3v) is 2.38. The Kier molecular flexibility index (Phi) is 2.15. The van der Waals surface area contributed by atoms with Gasteiger partial charge in [0.15, 0.2) is 0 Å². The first-order chi connectivity index (χ1) is 5.86. The summed E-state index contributed by atoms with van der Waals surface area (Å²) in [6.45, 7) is 1.63. The van der Waals surface area contributed by atoms with Gasteiger partial charge in [0.1, 0.15) is 0 Å². The van der Waals surface area contributed by atoms with Crippen LogP contribution in [0, 0.1) is 5.92 Å². The van der Waals surface area contributed by atoms with Crippen LogP contribution in [0.2, 0.25) is 0 Å². The van der Waals surface area contributed by atoms with Crippen molar-refractivity contribution < 1.29 is 9.52 Å². The molecule has 1 aromatic heterocycles. The van der Waals surface area contributed by atoms with Gasteiger partial charge < -0.3 is 14.8 Å². The van der Waals surface area contributed by atoms with Crippen LogP contribution in [0.1, 0.15) is 5.56 Å². The van der Waals surface area contributed by atoms with Crippen molar-refractivity contribution in [3.05, 3.63) is 24.2 Å². The molecule has 1 fully saturated rings. The highest BCUT2D eigenvalue weighted by molar-refractivity contribution is 5.07. The summed E-state index contributed by atoms with van der Waals surface area (Å²) in [5.41, 5.74) is 1.17. The van der Waals surface area contributed by atoms with E-state index in [4.69, 9.17) is 4.42 Å². The summed E-state index contributed by atoms with van der Waals surface area (Å²) in [7, 11) is 0. The molecular weight excluding hydrogens is 154 g/mol. The Morgan fingerprint density at radius 2 is 2.50 bits per heavy atom. The van der Waals surface area contributed by atoms with E-state index in [1.807, 2.05) is 6.07 Å². The molecule has 3 heteroatoms. The highest BCUT2D eigenvalue weighted by Gasteiger charge is 2.24. The van der Waals surface area contributed by atoms with Crippen LogP contribution in [-0.4, -0.2) is 24.3 Å². The van der Waals surface area contributed by atoms with E-state index >= 15 is 0 Å². The quantitative estimate of drug-likeness (QED) is 0.670. The molecule has 0 spiro atoms. The largest absolute Gasteiger partial charge is 0.472 e. The number of nitrogens with one attached hydrogen (secondary N) is 1. The van der Waals surface area contributed by atoms with Gasteiger partial charge in [0.2, 0.25) is 0 Å². The number of furan rings is 1. The van der Waals surface area contributed by atoms with Gasteiger partial charge in [-0.1, -0.05) is 0 Å². The van der Waals surface area contributed by atoms with Gasteiger partial charge in [0, 0.05) is 19.0 Å². The maximum absolute atomic E-state index is 9.49. The lowest BCUT2D eigenvalue weighted by molar-refractivity contribution is 0.147. The Morgan fingerprint density at radius 3 is 3.08 bits per heavy atom. The van der Waals surface area contributed by atoms with Crippen molar-refractivity contribution in [2.45, 2.75) is 12.5 Å². The van der Waals surface area contributed by atoms with Gasteiger partial charge >= 0.3 is 0 Å². The van der Waals surface area contributed by atoms with E-state index in [2.05, 4.69) is 5.32 Å². The van der Waals surface area contributed by atoms with Crippen LogP contribution in [-0.2, 0) is 6.42 Å². The van der Waals surface area contributed by atoms with Crippen molar-refractivity contribution in [1.82, 2.24) is 5.32 Å². The fourth-order valence-electron chi connectivity index (χ4n) is 1.64. The molecule has 0 aliphatic carbocycles. The average Bonchev–Trinajstić information content (AvgIpc) is 2.65. The molecule has 2 heterocycles. The van der Waals surface area contributed by atoms with Gasteiger partial charge in [0.25, 0.3) is 0 Å². The molecule has 12 heavy (non-hydrogen) atoms. The third kappa shape index (κ3) is 1.52. The lowest BCUT2D eigenvalue weighted by Gasteiger charge is -2.10. The van der Waals surface area contributed by atoms with Crippen molar-refractivity contribution in [1.29, 1.82) is 0 Å². The van der Waals surface area contributed by atoms with Gasteiger partial charge in [-0.3, -0.25) is 0 Å². The molecule has 2 atom stereocenters. The van der Waals surface area contributed by atoms with Crippen molar-refractivity contribution in [2.75, 3.05) is 13.1 Å². The highest BCUT2D eigenvalue weighted by Crippen LogP contribution is 2.15. The fourth-order valence-corrected chi connectivity index (χ4v) is 1.64. The smallest absolute Gasteiger partial charge is 0.0934 e. The van der Waals surface area contributed by atoms with Crippen molar-refractivity contribution >= 4 is 0 Å². The molecular formula is C9H13NO2. The van der Waals surface area contributed by atoms with E-state index in [0.29, 0.717) is 5.92 Å². The summed E-state index contributed by atoms with van der Waals surface area (Å²) in [5.74, 6) is 0.350. The molecule has 3 nitrogen and oxygen atoms in total. The van der Waals surface area contributed by atoms with Gasteiger partial charge in [-0.2, -0.15) is 0 Å². The second kappa shape index (κ2) is 3.29. The summed E-state index contributed by atoms with van der Waals surface area (Å²) in [6, 6.07) is 1.95. The first kappa shape index (κ1) is 7.83. The molecule has 1 aliphatic rings.